The Morgan fingerprint density at radius 1 is 1.27 bits per heavy atom. The van der Waals surface area contributed by atoms with E-state index in [1.807, 2.05) is 0 Å². The van der Waals surface area contributed by atoms with Gasteiger partial charge in [0.15, 0.2) is 0 Å². The van der Waals surface area contributed by atoms with Gasteiger partial charge in [0, 0.05) is 19.1 Å². The molecule has 0 unspecified atom stereocenters. The summed E-state index contributed by atoms with van der Waals surface area (Å²) in [5.74, 6) is 0.705. The highest BCUT2D eigenvalue weighted by atomic mass is 15.5. The molecule has 0 aliphatic heterocycles. The summed E-state index contributed by atoms with van der Waals surface area (Å²) >= 11 is 0. The molecule has 0 saturated carbocycles. The average molecular weight is 157 g/mol. The molecule has 0 atom stereocenters. The molecular weight excluding hydrogens is 136 g/mol. The summed E-state index contributed by atoms with van der Waals surface area (Å²) in [6.07, 6.45) is 0. The number of hydrazine groups is 1. The summed E-state index contributed by atoms with van der Waals surface area (Å²) in [6, 6.07) is 0.555. The van der Waals surface area contributed by atoms with E-state index in [2.05, 4.69) is 45.1 Å². The average Bonchev–Trinajstić information content (AvgIpc) is 1.86. The van der Waals surface area contributed by atoms with E-state index in [9.17, 15) is 0 Å². The number of nitrogens with zero attached hydrogens (tertiary/aromatic N) is 1. The minimum Gasteiger partial charge on any atom is -0.255 e. The van der Waals surface area contributed by atoms with Crippen LogP contribution in [0.1, 0.15) is 27.7 Å². The standard InChI is InChI=1S/C9H21N2/c1-6-10-11(9(4)5)7-8(2)3/h8-10H,1,6-7H2,2-5H3. The van der Waals surface area contributed by atoms with Gasteiger partial charge in [-0.15, -0.1) is 0 Å². The summed E-state index contributed by atoms with van der Waals surface area (Å²) in [5.41, 5.74) is 3.24. The fourth-order valence-corrected chi connectivity index (χ4v) is 0.995. The SMILES string of the molecule is [CH2]CNN(CC(C)C)C(C)C. The Morgan fingerprint density at radius 3 is 2.09 bits per heavy atom. The van der Waals surface area contributed by atoms with Crippen LogP contribution >= 0.6 is 0 Å². The highest BCUT2D eigenvalue weighted by Gasteiger charge is 2.08. The molecule has 0 aromatic rings. The highest BCUT2D eigenvalue weighted by molar-refractivity contribution is 4.60. The van der Waals surface area contributed by atoms with Crippen molar-refractivity contribution in [1.82, 2.24) is 10.4 Å². The van der Waals surface area contributed by atoms with Crippen molar-refractivity contribution in [3.05, 3.63) is 6.92 Å². The van der Waals surface area contributed by atoms with Crippen LogP contribution in [0.15, 0.2) is 0 Å². The van der Waals surface area contributed by atoms with Crippen LogP contribution in [0.25, 0.3) is 0 Å². The molecule has 0 aromatic carbocycles. The van der Waals surface area contributed by atoms with Crippen LogP contribution in [0.4, 0.5) is 0 Å². The zero-order valence-electron chi connectivity index (χ0n) is 8.22. The van der Waals surface area contributed by atoms with Crippen molar-refractivity contribution in [2.45, 2.75) is 33.7 Å². The van der Waals surface area contributed by atoms with E-state index in [-0.39, 0.29) is 0 Å². The van der Waals surface area contributed by atoms with Gasteiger partial charge < -0.3 is 0 Å². The normalized spacial score (nSPS) is 12.0. The Morgan fingerprint density at radius 2 is 1.82 bits per heavy atom. The van der Waals surface area contributed by atoms with E-state index in [1.165, 1.54) is 0 Å². The van der Waals surface area contributed by atoms with E-state index in [0.29, 0.717) is 12.0 Å². The van der Waals surface area contributed by atoms with Crippen molar-refractivity contribution in [3.63, 3.8) is 0 Å². The first-order valence-electron chi connectivity index (χ1n) is 4.37. The van der Waals surface area contributed by atoms with E-state index < -0.39 is 0 Å². The van der Waals surface area contributed by atoms with Crippen LogP contribution in [0, 0.1) is 12.8 Å². The van der Waals surface area contributed by atoms with Gasteiger partial charge in [0.05, 0.1) is 0 Å². The lowest BCUT2D eigenvalue weighted by molar-refractivity contribution is 0.132. The van der Waals surface area contributed by atoms with Crippen molar-refractivity contribution < 1.29 is 0 Å². The molecule has 0 bridgehead atoms. The van der Waals surface area contributed by atoms with Crippen molar-refractivity contribution in [3.8, 4) is 0 Å². The van der Waals surface area contributed by atoms with Crippen LogP contribution in [0.5, 0.6) is 0 Å². The molecule has 0 fully saturated rings. The molecule has 67 valence electrons. The van der Waals surface area contributed by atoms with Crippen LogP contribution < -0.4 is 5.43 Å². The van der Waals surface area contributed by atoms with Gasteiger partial charge in [0.25, 0.3) is 0 Å². The molecule has 0 spiro atoms. The number of hydrogen-bond donors (Lipinski definition) is 1. The van der Waals surface area contributed by atoms with Crippen molar-refractivity contribution in [2.24, 2.45) is 5.92 Å². The maximum Gasteiger partial charge on any atom is 0.0187 e. The highest BCUT2D eigenvalue weighted by Crippen LogP contribution is 1.99. The lowest BCUT2D eigenvalue weighted by atomic mass is 10.2. The van der Waals surface area contributed by atoms with E-state index >= 15 is 0 Å². The monoisotopic (exact) mass is 157 g/mol. The second kappa shape index (κ2) is 5.56. The quantitative estimate of drug-likeness (QED) is 0.611. The zero-order chi connectivity index (χ0) is 8.85. The summed E-state index contributed by atoms with van der Waals surface area (Å²) in [7, 11) is 0. The molecule has 0 aliphatic rings. The third kappa shape index (κ3) is 5.22. The van der Waals surface area contributed by atoms with Crippen LogP contribution in [0.3, 0.4) is 0 Å². The van der Waals surface area contributed by atoms with E-state index in [1.54, 1.807) is 0 Å². The summed E-state index contributed by atoms with van der Waals surface area (Å²) < 4.78 is 0. The predicted octanol–water partition coefficient (Wildman–Crippen LogP) is 1.69. The maximum atomic E-state index is 3.76. The van der Waals surface area contributed by atoms with Gasteiger partial charge in [-0.3, -0.25) is 5.43 Å². The lowest BCUT2D eigenvalue weighted by Gasteiger charge is -2.28. The third-order valence-electron chi connectivity index (χ3n) is 1.50. The van der Waals surface area contributed by atoms with Crippen molar-refractivity contribution >= 4 is 0 Å². The van der Waals surface area contributed by atoms with E-state index in [0.717, 1.165) is 13.1 Å². The van der Waals surface area contributed by atoms with Gasteiger partial charge in [-0.1, -0.05) is 13.8 Å². The second-order valence-electron chi connectivity index (χ2n) is 3.55. The molecule has 0 aliphatic carbocycles. The van der Waals surface area contributed by atoms with Gasteiger partial charge in [-0.05, 0) is 26.7 Å². The molecule has 2 heteroatoms. The fraction of sp³-hybridized carbons (Fsp3) is 0.889. The molecule has 0 aromatic heterocycles. The largest absolute Gasteiger partial charge is 0.255 e. The molecule has 1 N–H and O–H groups in total. The van der Waals surface area contributed by atoms with Crippen molar-refractivity contribution in [1.29, 1.82) is 0 Å². The number of hydrogen-bond acceptors (Lipinski definition) is 2. The fourth-order valence-electron chi connectivity index (χ4n) is 0.995. The summed E-state index contributed by atoms with van der Waals surface area (Å²) in [6.45, 7) is 14.4. The summed E-state index contributed by atoms with van der Waals surface area (Å²) in [4.78, 5) is 0. The first-order valence-corrected chi connectivity index (χ1v) is 4.37. The molecular formula is C9H21N2. The van der Waals surface area contributed by atoms with Crippen LogP contribution in [-0.2, 0) is 0 Å². The topological polar surface area (TPSA) is 15.3 Å². The van der Waals surface area contributed by atoms with Gasteiger partial charge in [0.1, 0.15) is 0 Å². The Bertz CT molecular complexity index is 89.6. The Kier molecular flexibility index (Phi) is 5.51. The van der Waals surface area contributed by atoms with Gasteiger partial charge in [-0.2, -0.15) is 0 Å². The molecule has 0 saturated heterocycles. The molecule has 1 radical (unpaired) electrons. The van der Waals surface area contributed by atoms with Gasteiger partial charge in [0.2, 0.25) is 0 Å². The van der Waals surface area contributed by atoms with Gasteiger partial charge in [-0.25, -0.2) is 5.01 Å². The van der Waals surface area contributed by atoms with Crippen LogP contribution in [-0.4, -0.2) is 24.1 Å². The lowest BCUT2D eigenvalue weighted by Crippen LogP contribution is -2.44. The first kappa shape index (κ1) is 10.9. The number of nitrogens with one attached hydrogen (secondary N) is 1. The van der Waals surface area contributed by atoms with Crippen molar-refractivity contribution in [2.75, 3.05) is 13.1 Å². The Hall–Kier alpha value is -0.0800. The zero-order valence-corrected chi connectivity index (χ0v) is 8.22. The Balaban J connectivity index is 3.69. The molecule has 0 rings (SSSR count). The molecule has 11 heavy (non-hydrogen) atoms. The smallest absolute Gasteiger partial charge is 0.0187 e. The summed E-state index contributed by atoms with van der Waals surface area (Å²) in [5, 5.41) is 2.23. The molecule has 0 amide bonds. The van der Waals surface area contributed by atoms with Gasteiger partial charge >= 0.3 is 0 Å². The van der Waals surface area contributed by atoms with E-state index in [4.69, 9.17) is 0 Å². The van der Waals surface area contributed by atoms with Crippen LogP contribution in [0.2, 0.25) is 0 Å². The Labute approximate surface area is 70.9 Å². The maximum absolute atomic E-state index is 3.76. The minimum atomic E-state index is 0.555. The molecule has 2 nitrogen and oxygen atoms in total. The second-order valence-corrected chi connectivity index (χ2v) is 3.55. The first-order chi connectivity index (χ1) is 5.07. The third-order valence-corrected chi connectivity index (χ3v) is 1.50. The minimum absolute atomic E-state index is 0.555. The number of rotatable bonds is 5. The molecule has 0 heterocycles. The predicted molar refractivity (Wildman–Crippen MR) is 50.0 cm³/mol.